The lowest BCUT2D eigenvalue weighted by molar-refractivity contribution is -0.138. The number of nitrogens with two attached hydrogens (primary N) is 2. The maximum atomic E-state index is 12.0. The molecule has 21 heavy (non-hydrogen) atoms. The molecule has 0 unspecified atom stereocenters. The van der Waals surface area contributed by atoms with Crippen molar-refractivity contribution in [3.8, 4) is 0 Å². The Kier molecular flexibility index (Phi) is 5.01. The lowest BCUT2D eigenvalue weighted by Gasteiger charge is -2.17. The molecule has 0 fully saturated rings. The third kappa shape index (κ3) is 5.59. The first kappa shape index (κ1) is 16.6. The summed E-state index contributed by atoms with van der Waals surface area (Å²) >= 11 is 0. The van der Waals surface area contributed by atoms with Crippen molar-refractivity contribution in [3.63, 3.8) is 0 Å². The van der Waals surface area contributed by atoms with Crippen molar-refractivity contribution >= 4 is 23.2 Å². The number of nitrogens with one attached hydrogen (secondary N) is 1. The summed E-state index contributed by atoms with van der Waals surface area (Å²) in [5.41, 5.74) is 11.8. The molecule has 0 saturated carbocycles. The van der Waals surface area contributed by atoms with Crippen LogP contribution >= 0.6 is 0 Å². The van der Waals surface area contributed by atoms with Gasteiger partial charge in [0.2, 0.25) is 5.91 Å². The smallest absolute Gasteiger partial charge is 0.399 e. The van der Waals surface area contributed by atoms with Crippen LogP contribution in [0.1, 0.15) is 10.4 Å². The van der Waals surface area contributed by atoms with Crippen LogP contribution in [0.25, 0.3) is 0 Å². The molecular formula is C12H15F3N4O2. The van der Waals surface area contributed by atoms with Crippen LogP contribution in [0.2, 0.25) is 0 Å². The van der Waals surface area contributed by atoms with Crippen LogP contribution in [0.4, 0.5) is 24.5 Å². The van der Waals surface area contributed by atoms with Gasteiger partial charge in [-0.3, -0.25) is 9.59 Å². The van der Waals surface area contributed by atoms with E-state index in [1.165, 1.54) is 25.2 Å². The van der Waals surface area contributed by atoms with Gasteiger partial charge in [-0.15, -0.1) is 0 Å². The monoisotopic (exact) mass is 304 g/mol. The number of rotatable bonds is 4. The molecular weight excluding hydrogens is 289 g/mol. The fourth-order valence-electron chi connectivity index (χ4n) is 1.56. The van der Waals surface area contributed by atoms with Crippen LogP contribution in [0.15, 0.2) is 18.2 Å². The van der Waals surface area contributed by atoms with E-state index in [1.807, 2.05) is 0 Å². The molecule has 0 heterocycles. The van der Waals surface area contributed by atoms with Crippen molar-refractivity contribution in [2.24, 2.45) is 0 Å². The third-order valence-electron chi connectivity index (χ3n) is 2.44. The fraction of sp³-hybridized carbons (Fsp3) is 0.333. The van der Waals surface area contributed by atoms with E-state index in [2.05, 4.69) is 0 Å². The predicted octanol–water partition coefficient (Wildman–Crippen LogP) is 0.601. The van der Waals surface area contributed by atoms with Gasteiger partial charge < -0.3 is 21.7 Å². The molecule has 1 aromatic carbocycles. The van der Waals surface area contributed by atoms with Gasteiger partial charge >= 0.3 is 6.18 Å². The fourth-order valence-corrected chi connectivity index (χ4v) is 1.56. The molecule has 2 amide bonds. The maximum absolute atomic E-state index is 12.0. The van der Waals surface area contributed by atoms with Crippen molar-refractivity contribution in [2.45, 2.75) is 6.18 Å². The van der Waals surface area contributed by atoms with Gasteiger partial charge in [-0.05, 0) is 18.2 Å². The van der Waals surface area contributed by atoms with E-state index in [0.29, 0.717) is 0 Å². The largest absolute Gasteiger partial charge is 0.405 e. The highest BCUT2D eigenvalue weighted by Crippen LogP contribution is 2.15. The van der Waals surface area contributed by atoms with Gasteiger partial charge in [-0.2, -0.15) is 13.2 Å². The number of carbonyl (C=O) groups is 2. The standard InChI is InChI=1S/C12H15F3N4O2/c1-19(5-10(20)18-6-12(13,14)15)11(21)7-2-8(16)4-9(17)3-7/h2-4H,5-6,16-17H2,1H3,(H,18,20). The molecule has 0 aliphatic heterocycles. The molecule has 0 aromatic heterocycles. The molecule has 0 spiro atoms. The molecule has 116 valence electrons. The average molecular weight is 304 g/mol. The van der Waals surface area contributed by atoms with E-state index in [9.17, 15) is 22.8 Å². The van der Waals surface area contributed by atoms with E-state index >= 15 is 0 Å². The summed E-state index contributed by atoms with van der Waals surface area (Å²) in [6, 6.07) is 4.18. The van der Waals surface area contributed by atoms with Crippen LogP contribution in [0.3, 0.4) is 0 Å². The van der Waals surface area contributed by atoms with Crippen molar-refractivity contribution in [1.29, 1.82) is 0 Å². The number of carbonyl (C=O) groups excluding carboxylic acids is 2. The second-order valence-corrected chi connectivity index (χ2v) is 4.44. The Labute approximate surface area is 118 Å². The summed E-state index contributed by atoms with van der Waals surface area (Å²) < 4.78 is 35.8. The number of amides is 2. The highest BCUT2D eigenvalue weighted by Gasteiger charge is 2.28. The van der Waals surface area contributed by atoms with E-state index in [1.54, 1.807) is 5.32 Å². The van der Waals surface area contributed by atoms with E-state index in [-0.39, 0.29) is 16.9 Å². The first-order valence-corrected chi connectivity index (χ1v) is 5.83. The highest BCUT2D eigenvalue weighted by atomic mass is 19.4. The van der Waals surface area contributed by atoms with Crippen molar-refractivity contribution in [3.05, 3.63) is 23.8 Å². The zero-order valence-corrected chi connectivity index (χ0v) is 11.2. The molecule has 0 radical (unpaired) electrons. The molecule has 0 aliphatic rings. The van der Waals surface area contributed by atoms with E-state index < -0.39 is 31.1 Å². The second-order valence-electron chi connectivity index (χ2n) is 4.44. The lowest BCUT2D eigenvalue weighted by Crippen LogP contribution is -2.41. The van der Waals surface area contributed by atoms with Crippen molar-refractivity contribution < 1.29 is 22.8 Å². The van der Waals surface area contributed by atoms with Gasteiger partial charge in [0.15, 0.2) is 0 Å². The number of likely N-dealkylation sites (N-methyl/N-ethyl adjacent to an activating group) is 1. The highest BCUT2D eigenvalue weighted by molar-refractivity contribution is 5.97. The molecule has 1 rings (SSSR count). The minimum Gasteiger partial charge on any atom is -0.399 e. The molecule has 1 aromatic rings. The number of hydrogen-bond donors (Lipinski definition) is 3. The summed E-state index contributed by atoms with van der Waals surface area (Å²) in [7, 11) is 1.29. The molecule has 6 nitrogen and oxygen atoms in total. The Morgan fingerprint density at radius 1 is 1.19 bits per heavy atom. The molecule has 0 atom stereocenters. The predicted molar refractivity (Wildman–Crippen MR) is 71.3 cm³/mol. The zero-order valence-electron chi connectivity index (χ0n) is 11.2. The summed E-state index contributed by atoms with van der Waals surface area (Å²) in [5.74, 6) is -1.49. The number of alkyl halides is 3. The Morgan fingerprint density at radius 3 is 2.19 bits per heavy atom. The molecule has 0 bridgehead atoms. The number of anilines is 2. The number of benzene rings is 1. The van der Waals surface area contributed by atoms with Crippen molar-refractivity contribution in [1.82, 2.24) is 10.2 Å². The Bertz CT molecular complexity index is 526. The summed E-state index contributed by atoms with van der Waals surface area (Å²) in [4.78, 5) is 24.3. The van der Waals surface area contributed by atoms with E-state index in [0.717, 1.165) is 4.90 Å². The van der Waals surface area contributed by atoms with Crippen LogP contribution in [-0.4, -0.2) is 43.0 Å². The van der Waals surface area contributed by atoms with Crippen LogP contribution in [0, 0.1) is 0 Å². The maximum Gasteiger partial charge on any atom is 0.405 e. The SMILES string of the molecule is CN(CC(=O)NCC(F)(F)F)C(=O)c1cc(N)cc(N)c1. The zero-order chi connectivity index (χ0) is 16.2. The average Bonchev–Trinajstić information content (AvgIpc) is 2.33. The molecule has 0 saturated heterocycles. The van der Waals surface area contributed by atoms with Crippen LogP contribution in [0.5, 0.6) is 0 Å². The number of hydrogen-bond acceptors (Lipinski definition) is 4. The normalized spacial score (nSPS) is 11.0. The lowest BCUT2D eigenvalue weighted by atomic mass is 10.1. The molecule has 5 N–H and O–H groups in total. The third-order valence-corrected chi connectivity index (χ3v) is 2.44. The summed E-state index contributed by atoms with van der Waals surface area (Å²) in [6.45, 7) is -1.96. The number of nitrogens with zero attached hydrogens (tertiary/aromatic N) is 1. The Hall–Kier alpha value is -2.45. The van der Waals surface area contributed by atoms with Gasteiger partial charge in [-0.25, -0.2) is 0 Å². The Balaban J connectivity index is 2.64. The molecule has 0 aliphatic carbocycles. The number of nitrogen functional groups attached to an aromatic ring is 2. The Morgan fingerprint density at radius 2 is 1.71 bits per heavy atom. The van der Waals surface area contributed by atoms with Gasteiger partial charge in [0.05, 0.1) is 6.54 Å². The summed E-state index contributed by atoms with van der Waals surface area (Å²) in [6.07, 6.45) is -4.50. The van der Waals surface area contributed by atoms with Gasteiger partial charge in [0.1, 0.15) is 6.54 Å². The van der Waals surface area contributed by atoms with Crippen LogP contribution < -0.4 is 16.8 Å². The second kappa shape index (κ2) is 6.33. The minimum atomic E-state index is -4.50. The topological polar surface area (TPSA) is 101 Å². The van der Waals surface area contributed by atoms with E-state index in [4.69, 9.17) is 11.5 Å². The first-order chi connectivity index (χ1) is 9.58. The van der Waals surface area contributed by atoms with Gasteiger partial charge in [-0.1, -0.05) is 0 Å². The summed E-state index contributed by atoms with van der Waals surface area (Å²) in [5, 5.41) is 1.68. The van der Waals surface area contributed by atoms with Crippen molar-refractivity contribution in [2.75, 3.05) is 31.6 Å². The minimum absolute atomic E-state index is 0.152. The number of halogens is 3. The van der Waals surface area contributed by atoms with Gasteiger partial charge in [0.25, 0.3) is 5.91 Å². The first-order valence-electron chi connectivity index (χ1n) is 5.83. The van der Waals surface area contributed by atoms with Gasteiger partial charge in [0, 0.05) is 24.0 Å². The van der Waals surface area contributed by atoms with Crippen LogP contribution in [-0.2, 0) is 4.79 Å². The molecule has 9 heteroatoms. The quantitative estimate of drug-likeness (QED) is 0.709.